The smallest absolute Gasteiger partial charge is 0.0948 e. The van der Waals surface area contributed by atoms with Crippen LogP contribution in [0.25, 0.3) is 0 Å². The number of nitrogens with zero attached hydrogens (tertiary/aromatic N) is 4. The summed E-state index contributed by atoms with van der Waals surface area (Å²) in [6.07, 6.45) is 6.79. The van der Waals surface area contributed by atoms with Gasteiger partial charge < -0.3 is 15.2 Å². The van der Waals surface area contributed by atoms with Crippen molar-refractivity contribution in [3.63, 3.8) is 0 Å². The fourth-order valence-electron chi connectivity index (χ4n) is 3.25. The van der Waals surface area contributed by atoms with Gasteiger partial charge in [0.2, 0.25) is 0 Å². The largest absolute Gasteiger partial charge is 0.333 e. The summed E-state index contributed by atoms with van der Waals surface area (Å²) in [6, 6.07) is 0.320. The Balaban J connectivity index is 1.59. The first-order valence-electron chi connectivity index (χ1n) is 7.98. The van der Waals surface area contributed by atoms with E-state index >= 15 is 0 Å². The van der Waals surface area contributed by atoms with E-state index in [0.29, 0.717) is 12.6 Å². The van der Waals surface area contributed by atoms with E-state index in [1.54, 1.807) is 0 Å². The third-order valence-electron chi connectivity index (χ3n) is 4.71. The van der Waals surface area contributed by atoms with Crippen LogP contribution in [-0.2, 0) is 6.54 Å². The minimum atomic E-state index is 0.320. The zero-order chi connectivity index (χ0) is 13.9. The molecule has 0 aromatic carbocycles. The molecule has 1 aliphatic heterocycles. The van der Waals surface area contributed by atoms with Gasteiger partial charge in [0.1, 0.15) is 0 Å². The van der Waals surface area contributed by atoms with Crippen LogP contribution in [0.3, 0.4) is 0 Å². The van der Waals surface area contributed by atoms with E-state index in [4.69, 9.17) is 5.73 Å². The van der Waals surface area contributed by atoms with Crippen molar-refractivity contribution >= 4 is 0 Å². The molecule has 112 valence electrons. The van der Waals surface area contributed by atoms with Gasteiger partial charge in [-0.1, -0.05) is 0 Å². The fourth-order valence-corrected chi connectivity index (χ4v) is 3.25. The molecule has 1 saturated carbocycles. The average Bonchev–Trinajstić information content (AvgIpc) is 3.17. The Bertz CT molecular complexity index is 418. The lowest BCUT2D eigenvalue weighted by Crippen LogP contribution is -2.49. The molecule has 1 aromatic heterocycles. The van der Waals surface area contributed by atoms with Gasteiger partial charge in [-0.3, -0.25) is 4.90 Å². The van der Waals surface area contributed by atoms with Gasteiger partial charge in [0.05, 0.1) is 18.1 Å². The van der Waals surface area contributed by atoms with Gasteiger partial charge in [-0.25, -0.2) is 4.98 Å². The molecule has 5 heteroatoms. The summed E-state index contributed by atoms with van der Waals surface area (Å²) in [6.45, 7) is 9.75. The van der Waals surface area contributed by atoms with Crippen molar-refractivity contribution in [3.05, 3.63) is 18.2 Å². The second-order valence-electron chi connectivity index (χ2n) is 6.14. The average molecular weight is 277 g/mol. The van der Waals surface area contributed by atoms with Crippen molar-refractivity contribution in [2.24, 2.45) is 11.7 Å². The number of aryl methyl sites for hydroxylation is 1. The van der Waals surface area contributed by atoms with E-state index < -0.39 is 0 Å². The molecule has 1 unspecified atom stereocenters. The van der Waals surface area contributed by atoms with Gasteiger partial charge >= 0.3 is 0 Å². The molecule has 2 fully saturated rings. The molecule has 3 rings (SSSR count). The number of imidazole rings is 1. The van der Waals surface area contributed by atoms with Crippen LogP contribution in [0.15, 0.2) is 12.5 Å². The molecule has 2 N–H and O–H groups in total. The first kappa shape index (κ1) is 14.0. The van der Waals surface area contributed by atoms with E-state index in [1.807, 2.05) is 12.5 Å². The van der Waals surface area contributed by atoms with Crippen LogP contribution < -0.4 is 5.73 Å². The summed E-state index contributed by atoms with van der Waals surface area (Å²) in [7, 11) is 0. The number of piperazine rings is 1. The van der Waals surface area contributed by atoms with E-state index in [2.05, 4.69) is 26.3 Å². The Morgan fingerprint density at radius 1 is 1.30 bits per heavy atom. The molecule has 0 amide bonds. The third-order valence-corrected chi connectivity index (χ3v) is 4.71. The molecule has 0 spiro atoms. The minimum Gasteiger partial charge on any atom is -0.333 e. The van der Waals surface area contributed by atoms with Gasteiger partial charge in [0, 0.05) is 52.0 Å². The number of aromatic nitrogens is 2. The Hall–Kier alpha value is -0.910. The molecule has 0 radical (unpaired) electrons. The molecule has 20 heavy (non-hydrogen) atoms. The number of hydrogen-bond acceptors (Lipinski definition) is 4. The monoisotopic (exact) mass is 277 g/mol. The number of rotatable bonds is 6. The summed E-state index contributed by atoms with van der Waals surface area (Å²) < 4.78 is 2.22. The molecule has 5 nitrogen and oxygen atoms in total. The van der Waals surface area contributed by atoms with Crippen molar-refractivity contribution in [3.8, 4) is 0 Å². The van der Waals surface area contributed by atoms with Gasteiger partial charge in [0.15, 0.2) is 0 Å². The molecular weight excluding hydrogens is 250 g/mol. The fraction of sp³-hybridized carbons (Fsp3) is 0.800. The highest BCUT2D eigenvalue weighted by Gasteiger charge is 2.29. The topological polar surface area (TPSA) is 50.3 Å². The van der Waals surface area contributed by atoms with Crippen LogP contribution in [0.1, 0.15) is 31.5 Å². The molecule has 1 saturated heterocycles. The summed E-state index contributed by atoms with van der Waals surface area (Å²) >= 11 is 0. The van der Waals surface area contributed by atoms with E-state index in [0.717, 1.165) is 25.6 Å². The first-order chi connectivity index (χ1) is 9.81. The van der Waals surface area contributed by atoms with Crippen molar-refractivity contribution in [1.82, 2.24) is 19.4 Å². The zero-order valence-electron chi connectivity index (χ0n) is 12.5. The highest BCUT2D eigenvalue weighted by atomic mass is 15.3. The minimum absolute atomic E-state index is 0.320. The first-order valence-corrected chi connectivity index (χ1v) is 7.98. The molecule has 2 heterocycles. The van der Waals surface area contributed by atoms with Crippen LogP contribution in [0.5, 0.6) is 0 Å². The molecule has 0 bridgehead atoms. The maximum atomic E-state index is 6.05. The summed E-state index contributed by atoms with van der Waals surface area (Å²) in [4.78, 5) is 9.45. The van der Waals surface area contributed by atoms with Gasteiger partial charge in [-0.15, -0.1) is 0 Å². The van der Waals surface area contributed by atoms with Crippen LogP contribution in [0.2, 0.25) is 0 Å². The lowest BCUT2D eigenvalue weighted by Gasteiger charge is -2.39. The standard InChI is InChI=1S/C15H27N5/c1-2-19-12-17-10-15(19)14(9-16)20-7-5-18(6-8-20)11-13-3-4-13/h10,12-14H,2-9,11,16H2,1H3. The Morgan fingerprint density at radius 2 is 2.05 bits per heavy atom. The molecule has 1 aliphatic carbocycles. The molecule has 1 aromatic rings. The third kappa shape index (κ3) is 3.05. The predicted molar refractivity (Wildman–Crippen MR) is 80.4 cm³/mol. The van der Waals surface area contributed by atoms with Crippen LogP contribution in [0.4, 0.5) is 0 Å². The van der Waals surface area contributed by atoms with Gasteiger partial charge in [-0.05, 0) is 25.7 Å². The normalized spacial score (nSPS) is 23.1. The summed E-state index contributed by atoms with van der Waals surface area (Å²) in [5.74, 6) is 0.994. The highest BCUT2D eigenvalue weighted by Crippen LogP contribution is 2.30. The Morgan fingerprint density at radius 3 is 2.65 bits per heavy atom. The van der Waals surface area contributed by atoms with Gasteiger partial charge in [-0.2, -0.15) is 0 Å². The second kappa shape index (κ2) is 6.24. The quantitative estimate of drug-likeness (QED) is 0.840. The summed E-state index contributed by atoms with van der Waals surface area (Å²) in [5.41, 5.74) is 7.32. The van der Waals surface area contributed by atoms with E-state index in [1.165, 1.54) is 38.2 Å². The van der Waals surface area contributed by atoms with E-state index in [-0.39, 0.29) is 0 Å². The zero-order valence-corrected chi connectivity index (χ0v) is 12.5. The maximum absolute atomic E-state index is 6.05. The Kier molecular flexibility index (Phi) is 4.38. The maximum Gasteiger partial charge on any atom is 0.0948 e. The SMILES string of the molecule is CCn1cncc1C(CN)N1CCN(CC2CC2)CC1. The van der Waals surface area contributed by atoms with Gasteiger partial charge in [0.25, 0.3) is 0 Å². The molecule has 1 atom stereocenters. The highest BCUT2D eigenvalue weighted by molar-refractivity contribution is 5.07. The van der Waals surface area contributed by atoms with E-state index in [9.17, 15) is 0 Å². The van der Waals surface area contributed by atoms with Crippen LogP contribution in [-0.4, -0.2) is 58.6 Å². The number of nitrogens with two attached hydrogens (primary N) is 1. The second-order valence-corrected chi connectivity index (χ2v) is 6.14. The number of hydrogen-bond donors (Lipinski definition) is 1. The summed E-state index contributed by atoms with van der Waals surface area (Å²) in [5, 5.41) is 0. The van der Waals surface area contributed by atoms with Crippen molar-refractivity contribution in [1.29, 1.82) is 0 Å². The van der Waals surface area contributed by atoms with Crippen molar-refractivity contribution < 1.29 is 0 Å². The van der Waals surface area contributed by atoms with Crippen LogP contribution >= 0.6 is 0 Å². The molecular formula is C15H27N5. The Labute approximate surface area is 121 Å². The lowest BCUT2D eigenvalue weighted by atomic mass is 10.1. The van der Waals surface area contributed by atoms with Crippen molar-refractivity contribution in [2.45, 2.75) is 32.4 Å². The predicted octanol–water partition coefficient (Wildman–Crippen LogP) is 0.930. The van der Waals surface area contributed by atoms with Crippen LogP contribution in [0, 0.1) is 5.92 Å². The molecule has 2 aliphatic rings. The van der Waals surface area contributed by atoms with Crippen molar-refractivity contribution in [2.75, 3.05) is 39.3 Å². The lowest BCUT2D eigenvalue weighted by molar-refractivity contribution is 0.0927.